The summed E-state index contributed by atoms with van der Waals surface area (Å²) in [7, 11) is 0. The molecule has 1 aromatic carbocycles. The highest BCUT2D eigenvalue weighted by Crippen LogP contribution is 2.30. The highest BCUT2D eigenvalue weighted by atomic mass is 35.5. The minimum absolute atomic E-state index is 0.0375. The predicted octanol–water partition coefficient (Wildman–Crippen LogP) is 3.99. The summed E-state index contributed by atoms with van der Waals surface area (Å²) >= 11 is 7.44. The fourth-order valence-electron chi connectivity index (χ4n) is 2.30. The van der Waals surface area contributed by atoms with E-state index in [1.807, 2.05) is 23.6 Å². The van der Waals surface area contributed by atoms with Crippen LogP contribution >= 0.6 is 22.9 Å². The third-order valence-corrected chi connectivity index (χ3v) is 4.50. The third kappa shape index (κ3) is 1.93. The number of fused-ring (bicyclic) bond motifs is 1. The van der Waals surface area contributed by atoms with Crippen LogP contribution in [0, 0.1) is 0 Å². The lowest BCUT2D eigenvalue weighted by Crippen LogP contribution is -2.15. The van der Waals surface area contributed by atoms with E-state index in [1.54, 1.807) is 6.07 Å². The van der Waals surface area contributed by atoms with E-state index in [1.165, 1.54) is 11.3 Å². The first-order valence-corrected chi connectivity index (χ1v) is 7.16. The summed E-state index contributed by atoms with van der Waals surface area (Å²) < 4.78 is 0. The number of ketones is 1. The maximum atomic E-state index is 12.5. The molecule has 1 aliphatic rings. The summed E-state index contributed by atoms with van der Waals surface area (Å²) in [6.45, 7) is 0.977. The molecular formula is C14H12ClNOS. The summed E-state index contributed by atoms with van der Waals surface area (Å²) in [4.78, 5) is 13.1. The van der Waals surface area contributed by atoms with Crippen molar-refractivity contribution in [1.29, 1.82) is 0 Å². The van der Waals surface area contributed by atoms with Crippen LogP contribution in [0.2, 0.25) is 5.02 Å². The van der Waals surface area contributed by atoms with Gasteiger partial charge in [0.1, 0.15) is 0 Å². The van der Waals surface area contributed by atoms with Crippen LogP contribution in [-0.2, 0) is 6.42 Å². The molecule has 1 aromatic heterocycles. The molecule has 0 atom stereocenters. The van der Waals surface area contributed by atoms with Crippen molar-refractivity contribution in [2.24, 2.45) is 0 Å². The summed E-state index contributed by atoms with van der Waals surface area (Å²) in [6.07, 6.45) is 2.02. The first-order valence-electron chi connectivity index (χ1n) is 5.91. The number of benzene rings is 1. The molecule has 0 unspecified atom stereocenters. The quantitative estimate of drug-likeness (QED) is 0.841. The van der Waals surface area contributed by atoms with Gasteiger partial charge in [-0.1, -0.05) is 23.7 Å². The molecule has 0 saturated heterocycles. The highest BCUT2D eigenvalue weighted by molar-refractivity contribution is 7.13. The van der Waals surface area contributed by atoms with E-state index in [-0.39, 0.29) is 5.78 Å². The summed E-state index contributed by atoms with van der Waals surface area (Å²) in [6, 6.07) is 7.62. The number of anilines is 1. The molecule has 2 heterocycles. The standard InChI is InChI=1S/C14H12ClNOS/c15-11-6-8-18-14(11)13(17)10-3-1-5-12-9(10)4-2-7-16-12/h1,3,5-6,8,16H,2,4,7H2. The van der Waals surface area contributed by atoms with Crippen molar-refractivity contribution < 1.29 is 4.79 Å². The number of hydrogen-bond acceptors (Lipinski definition) is 3. The average molecular weight is 278 g/mol. The summed E-state index contributed by atoms with van der Waals surface area (Å²) in [5, 5.41) is 5.73. The average Bonchev–Trinajstić information content (AvgIpc) is 2.83. The SMILES string of the molecule is O=C(c1cccc2c1CCCN2)c1sccc1Cl. The Bertz CT molecular complexity index is 606. The van der Waals surface area contributed by atoms with E-state index in [4.69, 9.17) is 11.6 Å². The van der Waals surface area contributed by atoms with Crippen molar-refractivity contribution in [3.63, 3.8) is 0 Å². The van der Waals surface area contributed by atoms with Gasteiger partial charge in [0.05, 0.1) is 9.90 Å². The minimum atomic E-state index is 0.0375. The van der Waals surface area contributed by atoms with E-state index in [9.17, 15) is 4.79 Å². The number of nitrogens with one attached hydrogen (secondary N) is 1. The maximum absolute atomic E-state index is 12.5. The van der Waals surface area contributed by atoms with Gasteiger partial charge in [-0.15, -0.1) is 11.3 Å². The number of rotatable bonds is 2. The fraction of sp³-hybridized carbons (Fsp3) is 0.214. The monoisotopic (exact) mass is 277 g/mol. The summed E-state index contributed by atoms with van der Waals surface area (Å²) in [5.74, 6) is 0.0375. The van der Waals surface area contributed by atoms with Crippen molar-refractivity contribution in [3.05, 3.63) is 50.7 Å². The smallest absolute Gasteiger partial charge is 0.204 e. The Kier molecular flexibility index (Phi) is 3.10. The van der Waals surface area contributed by atoms with Crippen LogP contribution in [0.4, 0.5) is 5.69 Å². The molecule has 0 saturated carbocycles. The topological polar surface area (TPSA) is 29.1 Å². The van der Waals surface area contributed by atoms with Crippen LogP contribution < -0.4 is 5.32 Å². The molecule has 0 spiro atoms. The molecule has 1 N–H and O–H groups in total. The molecule has 0 aliphatic carbocycles. The first-order chi connectivity index (χ1) is 8.77. The zero-order chi connectivity index (χ0) is 12.5. The maximum Gasteiger partial charge on any atom is 0.204 e. The second-order valence-corrected chi connectivity index (χ2v) is 5.61. The number of thiophene rings is 1. The number of hydrogen-bond donors (Lipinski definition) is 1. The Balaban J connectivity index is 2.07. The van der Waals surface area contributed by atoms with Gasteiger partial charge in [-0.05, 0) is 35.9 Å². The third-order valence-electron chi connectivity index (χ3n) is 3.16. The minimum Gasteiger partial charge on any atom is -0.385 e. The zero-order valence-corrected chi connectivity index (χ0v) is 11.3. The van der Waals surface area contributed by atoms with Crippen LogP contribution in [0.1, 0.15) is 27.2 Å². The predicted molar refractivity (Wildman–Crippen MR) is 76.0 cm³/mol. The number of carbonyl (C=O) groups excluding carboxylic acids is 1. The molecule has 4 heteroatoms. The van der Waals surface area contributed by atoms with Crippen LogP contribution in [0.3, 0.4) is 0 Å². The lowest BCUT2D eigenvalue weighted by molar-refractivity contribution is 0.104. The molecule has 1 aliphatic heterocycles. The Labute approximate surface area is 115 Å². The van der Waals surface area contributed by atoms with Crippen molar-refractivity contribution in [2.45, 2.75) is 12.8 Å². The second kappa shape index (κ2) is 4.75. The van der Waals surface area contributed by atoms with Gasteiger partial charge >= 0.3 is 0 Å². The largest absolute Gasteiger partial charge is 0.385 e. The van der Waals surface area contributed by atoms with Gasteiger partial charge < -0.3 is 5.32 Å². The van der Waals surface area contributed by atoms with Crippen LogP contribution in [0.25, 0.3) is 0 Å². The molecule has 0 fully saturated rings. The molecule has 0 amide bonds. The van der Waals surface area contributed by atoms with Crippen LogP contribution in [0.15, 0.2) is 29.6 Å². The molecular weight excluding hydrogens is 266 g/mol. The molecule has 0 radical (unpaired) electrons. The first kappa shape index (κ1) is 11.8. The molecule has 2 nitrogen and oxygen atoms in total. The van der Waals surface area contributed by atoms with Gasteiger partial charge in [0.15, 0.2) is 0 Å². The van der Waals surface area contributed by atoms with E-state index in [2.05, 4.69) is 5.32 Å². The van der Waals surface area contributed by atoms with Crippen LogP contribution in [0.5, 0.6) is 0 Å². The van der Waals surface area contributed by atoms with Crippen molar-refractivity contribution in [1.82, 2.24) is 0 Å². The molecule has 0 bridgehead atoms. The van der Waals surface area contributed by atoms with Gasteiger partial charge in [-0.25, -0.2) is 0 Å². The Morgan fingerprint density at radius 1 is 1.33 bits per heavy atom. The second-order valence-electron chi connectivity index (χ2n) is 4.29. The van der Waals surface area contributed by atoms with Gasteiger partial charge in [-0.2, -0.15) is 0 Å². The van der Waals surface area contributed by atoms with E-state index < -0.39 is 0 Å². The Morgan fingerprint density at radius 2 is 2.22 bits per heavy atom. The van der Waals surface area contributed by atoms with Gasteiger partial charge in [-0.3, -0.25) is 4.79 Å². The molecule has 3 rings (SSSR count). The number of halogens is 1. The Morgan fingerprint density at radius 3 is 3.00 bits per heavy atom. The van der Waals surface area contributed by atoms with E-state index in [0.717, 1.165) is 36.2 Å². The lowest BCUT2D eigenvalue weighted by Gasteiger charge is -2.20. The van der Waals surface area contributed by atoms with Gasteiger partial charge in [0, 0.05) is 17.8 Å². The zero-order valence-electron chi connectivity index (χ0n) is 9.70. The molecule has 18 heavy (non-hydrogen) atoms. The fourth-order valence-corrected chi connectivity index (χ4v) is 3.40. The van der Waals surface area contributed by atoms with Crippen molar-refractivity contribution in [3.8, 4) is 0 Å². The van der Waals surface area contributed by atoms with E-state index >= 15 is 0 Å². The molecule has 92 valence electrons. The molecule has 2 aromatic rings. The van der Waals surface area contributed by atoms with Crippen molar-refractivity contribution >= 4 is 34.4 Å². The van der Waals surface area contributed by atoms with Gasteiger partial charge in [0.25, 0.3) is 0 Å². The van der Waals surface area contributed by atoms with Crippen LogP contribution in [-0.4, -0.2) is 12.3 Å². The van der Waals surface area contributed by atoms with Gasteiger partial charge in [0.2, 0.25) is 5.78 Å². The van der Waals surface area contributed by atoms with Crippen molar-refractivity contribution in [2.75, 3.05) is 11.9 Å². The Hall–Kier alpha value is -1.32. The highest BCUT2D eigenvalue weighted by Gasteiger charge is 2.20. The normalized spacial score (nSPS) is 13.8. The summed E-state index contributed by atoms with van der Waals surface area (Å²) in [5.41, 5.74) is 2.99. The number of carbonyl (C=O) groups is 1. The van der Waals surface area contributed by atoms with E-state index in [0.29, 0.717) is 9.90 Å². The lowest BCUT2D eigenvalue weighted by atomic mass is 9.95.